The number of hydrogen-bond donors (Lipinski definition) is 1. The van der Waals surface area contributed by atoms with E-state index >= 15 is 0 Å². The lowest BCUT2D eigenvalue weighted by atomic mass is 10.2. The minimum atomic E-state index is -0.109. The largest absolute Gasteiger partial charge is 0.371 e. The van der Waals surface area contributed by atoms with Gasteiger partial charge in [-0.2, -0.15) is 0 Å². The zero-order chi connectivity index (χ0) is 11.1. The predicted octanol–water partition coefficient (Wildman–Crippen LogP) is 2.30. The van der Waals surface area contributed by atoms with E-state index in [4.69, 9.17) is 4.74 Å². The van der Waals surface area contributed by atoms with E-state index < -0.39 is 0 Å². The van der Waals surface area contributed by atoms with E-state index in [9.17, 15) is 4.79 Å². The molecule has 0 unspecified atom stereocenters. The quantitative estimate of drug-likeness (QED) is 0.804. The van der Waals surface area contributed by atoms with Gasteiger partial charge in [-0.05, 0) is 18.1 Å². The van der Waals surface area contributed by atoms with Gasteiger partial charge >= 0.3 is 0 Å². The van der Waals surface area contributed by atoms with Crippen molar-refractivity contribution in [1.82, 2.24) is 0 Å². The van der Waals surface area contributed by atoms with E-state index in [1.807, 2.05) is 30.3 Å². The molecule has 0 aliphatic carbocycles. The summed E-state index contributed by atoms with van der Waals surface area (Å²) in [6.45, 7) is 4.83. The highest BCUT2D eigenvalue weighted by molar-refractivity contribution is 5.91. The number of rotatable bonds is 5. The van der Waals surface area contributed by atoms with Gasteiger partial charge in [-0.25, -0.2) is 0 Å². The molecular weight excluding hydrogens is 190 g/mol. The molecule has 0 fully saturated rings. The van der Waals surface area contributed by atoms with Crippen LogP contribution in [-0.4, -0.2) is 19.1 Å². The van der Waals surface area contributed by atoms with Crippen LogP contribution >= 0.6 is 0 Å². The van der Waals surface area contributed by atoms with Crippen LogP contribution in [-0.2, 0) is 9.53 Å². The fraction of sp³-hybridized carbons (Fsp3) is 0.417. The summed E-state index contributed by atoms with van der Waals surface area (Å²) in [5.74, 6) is 0.344. The van der Waals surface area contributed by atoms with Gasteiger partial charge in [-0.3, -0.25) is 4.79 Å². The number of nitrogens with one attached hydrogen (secondary N) is 1. The highest BCUT2D eigenvalue weighted by atomic mass is 16.5. The van der Waals surface area contributed by atoms with Crippen LogP contribution in [0.3, 0.4) is 0 Å². The van der Waals surface area contributed by atoms with Gasteiger partial charge in [0.1, 0.15) is 6.61 Å². The van der Waals surface area contributed by atoms with E-state index in [1.54, 1.807) is 0 Å². The third-order valence-electron chi connectivity index (χ3n) is 1.74. The molecule has 0 bridgehead atoms. The molecule has 0 heterocycles. The third-order valence-corrected chi connectivity index (χ3v) is 1.74. The molecule has 1 aromatic rings. The molecule has 3 nitrogen and oxygen atoms in total. The Labute approximate surface area is 90.4 Å². The standard InChI is InChI=1S/C12H17NO2/c1-10(2)8-15-9-12(14)13-11-6-4-3-5-7-11/h3-7,10H,8-9H2,1-2H3,(H,13,14). The lowest BCUT2D eigenvalue weighted by Crippen LogP contribution is -2.19. The summed E-state index contributed by atoms with van der Waals surface area (Å²) in [6, 6.07) is 9.36. The summed E-state index contributed by atoms with van der Waals surface area (Å²) in [7, 11) is 0. The van der Waals surface area contributed by atoms with Gasteiger partial charge in [0.05, 0.1) is 0 Å². The Kier molecular flexibility index (Phi) is 4.84. The van der Waals surface area contributed by atoms with Crippen LogP contribution in [0.4, 0.5) is 5.69 Å². The maximum Gasteiger partial charge on any atom is 0.250 e. The van der Waals surface area contributed by atoms with Crippen molar-refractivity contribution < 1.29 is 9.53 Å². The SMILES string of the molecule is CC(C)COCC(=O)Nc1ccccc1. The van der Waals surface area contributed by atoms with Crippen molar-refractivity contribution in [2.75, 3.05) is 18.5 Å². The summed E-state index contributed by atoms with van der Waals surface area (Å²) < 4.78 is 5.22. The van der Waals surface area contributed by atoms with E-state index in [0.29, 0.717) is 12.5 Å². The van der Waals surface area contributed by atoms with Crippen molar-refractivity contribution in [2.24, 2.45) is 5.92 Å². The molecule has 0 spiro atoms. The highest BCUT2D eigenvalue weighted by Gasteiger charge is 2.02. The normalized spacial score (nSPS) is 10.3. The Balaban J connectivity index is 2.25. The van der Waals surface area contributed by atoms with Crippen LogP contribution in [0.2, 0.25) is 0 Å². The highest BCUT2D eigenvalue weighted by Crippen LogP contribution is 2.04. The van der Waals surface area contributed by atoms with Gasteiger partial charge in [-0.15, -0.1) is 0 Å². The molecular formula is C12H17NO2. The van der Waals surface area contributed by atoms with E-state index in [2.05, 4.69) is 19.2 Å². The number of amides is 1. The lowest BCUT2D eigenvalue weighted by molar-refractivity contribution is -0.120. The van der Waals surface area contributed by atoms with Crippen LogP contribution in [0, 0.1) is 5.92 Å². The minimum Gasteiger partial charge on any atom is -0.371 e. The number of anilines is 1. The van der Waals surface area contributed by atoms with Crippen LogP contribution < -0.4 is 5.32 Å². The Hall–Kier alpha value is -1.35. The van der Waals surface area contributed by atoms with Gasteiger partial charge in [0.15, 0.2) is 0 Å². The summed E-state index contributed by atoms with van der Waals surface area (Å²) >= 11 is 0. The number of hydrogen-bond acceptors (Lipinski definition) is 2. The first-order valence-electron chi connectivity index (χ1n) is 5.11. The molecule has 3 heteroatoms. The molecule has 1 rings (SSSR count). The van der Waals surface area contributed by atoms with Crippen molar-refractivity contribution in [2.45, 2.75) is 13.8 Å². The zero-order valence-electron chi connectivity index (χ0n) is 9.19. The first-order valence-corrected chi connectivity index (χ1v) is 5.11. The summed E-state index contributed by atoms with van der Waals surface area (Å²) in [6.07, 6.45) is 0. The topological polar surface area (TPSA) is 38.3 Å². The smallest absolute Gasteiger partial charge is 0.250 e. The second-order valence-electron chi connectivity index (χ2n) is 3.82. The van der Waals surface area contributed by atoms with Crippen LogP contribution in [0.25, 0.3) is 0 Å². The number of ether oxygens (including phenoxy) is 1. The lowest BCUT2D eigenvalue weighted by Gasteiger charge is -2.07. The van der Waals surface area contributed by atoms with Crippen LogP contribution in [0.15, 0.2) is 30.3 Å². The van der Waals surface area contributed by atoms with E-state index in [-0.39, 0.29) is 12.5 Å². The number of benzene rings is 1. The molecule has 82 valence electrons. The molecule has 1 amide bonds. The average Bonchev–Trinajstić information content (AvgIpc) is 2.18. The third kappa shape index (κ3) is 5.18. The molecule has 0 aromatic heterocycles. The summed E-state index contributed by atoms with van der Waals surface area (Å²) in [5, 5.41) is 2.75. The zero-order valence-corrected chi connectivity index (χ0v) is 9.19. The number of carbonyl (C=O) groups excluding carboxylic acids is 1. The Morgan fingerprint density at radius 2 is 2.00 bits per heavy atom. The van der Waals surface area contributed by atoms with Gasteiger partial charge in [0.2, 0.25) is 5.91 Å². The average molecular weight is 207 g/mol. The predicted molar refractivity (Wildman–Crippen MR) is 60.7 cm³/mol. The molecule has 0 aliphatic rings. The van der Waals surface area contributed by atoms with E-state index in [0.717, 1.165) is 5.69 Å². The first kappa shape index (κ1) is 11.7. The van der Waals surface area contributed by atoms with Crippen LogP contribution in [0.1, 0.15) is 13.8 Å². The second-order valence-corrected chi connectivity index (χ2v) is 3.82. The second kappa shape index (κ2) is 6.19. The summed E-state index contributed by atoms with van der Waals surface area (Å²) in [5.41, 5.74) is 0.802. The molecule has 15 heavy (non-hydrogen) atoms. The van der Waals surface area contributed by atoms with Gasteiger partial charge in [0.25, 0.3) is 0 Å². The molecule has 0 aliphatic heterocycles. The molecule has 1 aromatic carbocycles. The minimum absolute atomic E-state index is 0.109. The number of para-hydroxylation sites is 1. The van der Waals surface area contributed by atoms with Crippen molar-refractivity contribution in [3.8, 4) is 0 Å². The number of carbonyl (C=O) groups is 1. The van der Waals surface area contributed by atoms with Crippen molar-refractivity contribution in [1.29, 1.82) is 0 Å². The van der Waals surface area contributed by atoms with Crippen molar-refractivity contribution >= 4 is 11.6 Å². The summed E-state index contributed by atoms with van der Waals surface area (Å²) in [4.78, 5) is 11.4. The molecule has 0 atom stereocenters. The van der Waals surface area contributed by atoms with Gasteiger partial charge in [0, 0.05) is 12.3 Å². The van der Waals surface area contributed by atoms with Crippen molar-refractivity contribution in [3.63, 3.8) is 0 Å². The van der Waals surface area contributed by atoms with Crippen LogP contribution in [0.5, 0.6) is 0 Å². The fourth-order valence-electron chi connectivity index (χ4n) is 1.11. The fourth-order valence-corrected chi connectivity index (χ4v) is 1.11. The Morgan fingerprint density at radius 1 is 1.33 bits per heavy atom. The Bertz CT molecular complexity index is 296. The van der Waals surface area contributed by atoms with Gasteiger partial charge < -0.3 is 10.1 Å². The Morgan fingerprint density at radius 3 is 2.60 bits per heavy atom. The molecule has 0 saturated carbocycles. The maximum atomic E-state index is 11.4. The van der Waals surface area contributed by atoms with Crippen molar-refractivity contribution in [3.05, 3.63) is 30.3 Å². The molecule has 0 radical (unpaired) electrons. The molecule has 1 N–H and O–H groups in total. The first-order chi connectivity index (χ1) is 7.18. The van der Waals surface area contributed by atoms with E-state index in [1.165, 1.54) is 0 Å². The van der Waals surface area contributed by atoms with Gasteiger partial charge in [-0.1, -0.05) is 32.0 Å². The molecule has 0 saturated heterocycles. The maximum absolute atomic E-state index is 11.4. The monoisotopic (exact) mass is 207 g/mol.